The number of rotatable bonds is 15. The highest BCUT2D eigenvalue weighted by Gasteiger charge is 2.27. The van der Waals surface area contributed by atoms with Crippen molar-refractivity contribution in [2.75, 3.05) is 64.4 Å². The summed E-state index contributed by atoms with van der Waals surface area (Å²) in [6, 6.07) is 4.74. The van der Waals surface area contributed by atoms with Gasteiger partial charge in [0.05, 0.1) is 25.4 Å². The van der Waals surface area contributed by atoms with E-state index in [2.05, 4.69) is 4.90 Å². The molecule has 2 fully saturated rings. The number of allylic oxidation sites excluding steroid dienone is 2. The summed E-state index contributed by atoms with van der Waals surface area (Å²) in [4.78, 5) is 42.0. The number of carbonyl (C=O) groups excluding carboxylic acids is 3. The van der Waals surface area contributed by atoms with E-state index in [0.717, 1.165) is 24.9 Å². The lowest BCUT2D eigenvalue weighted by molar-refractivity contribution is -0.111. The van der Waals surface area contributed by atoms with E-state index in [9.17, 15) is 29.0 Å². The lowest BCUT2D eigenvalue weighted by Gasteiger charge is -2.34. The summed E-state index contributed by atoms with van der Waals surface area (Å²) in [5.74, 6) is -1.30. The summed E-state index contributed by atoms with van der Waals surface area (Å²) in [7, 11) is 2.01. The molecule has 1 aromatic carbocycles. The Kier molecular flexibility index (Phi) is 14.6. The third-order valence-electron chi connectivity index (χ3n) is 8.73. The lowest BCUT2D eigenvalue weighted by atomic mass is 9.86. The Hall–Kier alpha value is -3.12. The average molecular weight is 632 g/mol. The van der Waals surface area contributed by atoms with Crippen LogP contribution in [0, 0.1) is 23.6 Å². The van der Waals surface area contributed by atoms with Gasteiger partial charge in [0.25, 0.3) is 0 Å². The number of aliphatic hydroxyl groups excluding tert-OH is 2. The molecular weight excluding hydrogens is 581 g/mol. The largest absolute Gasteiger partial charge is 0.442 e. The second kappa shape index (κ2) is 18.1. The first kappa shape index (κ1) is 36.3. The minimum absolute atomic E-state index is 0.0560. The number of morpholine rings is 1. The smallest absolute Gasteiger partial charge is 0.410 e. The van der Waals surface area contributed by atoms with Crippen LogP contribution in [0.15, 0.2) is 35.9 Å². The van der Waals surface area contributed by atoms with Crippen LogP contribution in [0.4, 0.5) is 14.9 Å². The summed E-state index contributed by atoms with van der Waals surface area (Å²) < 4.78 is 26.1. The molecule has 10 nitrogen and oxygen atoms in total. The second-order valence-corrected chi connectivity index (χ2v) is 12.4. The van der Waals surface area contributed by atoms with E-state index in [0.29, 0.717) is 63.2 Å². The molecule has 3 rings (SSSR count). The number of amides is 1. The number of aldehydes is 2. The molecular formula is C34H50FN3O7. The third-order valence-corrected chi connectivity index (χ3v) is 8.73. The molecule has 0 radical (unpaired) electrons. The molecule has 11 heteroatoms. The molecule has 0 aromatic heterocycles. The molecule has 0 saturated carbocycles. The molecule has 0 aliphatic carbocycles. The number of benzene rings is 1. The van der Waals surface area contributed by atoms with Gasteiger partial charge < -0.3 is 44.0 Å². The zero-order valence-electron chi connectivity index (χ0n) is 27.0. The maximum atomic E-state index is 14.7. The van der Waals surface area contributed by atoms with E-state index >= 15 is 0 Å². The minimum Gasteiger partial charge on any atom is -0.442 e. The molecule has 6 atom stereocenters. The van der Waals surface area contributed by atoms with E-state index in [1.54, 1.807) is 4.90 Å². The van der Waals surface area contributed by atoms with Crippen molar-refractivity contribution >= 4 is 30.4 Å². The van der Waals surface area contributed by atoms with Crippen LogP contribution >= 0.6 is 0 Å². The van der Waals surface area contributed by atoms with Gasteiger partial charge in [-0.05, 0) is 68.5 Å². The Morgan fingerprint density at radius 1 is 1.11 bits per heavy atom. The number of nitrogens with zero attached hydrogens (tertiary/aromatic N) is 3. The van der Waals surface area contributed by atoms with Crippen molar-refractivity contribution in [2.45, 2.75) is 58.3 Å². The highest BCUT2D eigenvalue weighted by Crippen LogP contribution is 2.27. The van der Waals surface area contributed by atoms with Crippen LogP contribution in [0.2, 0.25) is 0 Å². The first-order valence-electron chi connectivity index (χ1n) is 15.9. The van der Waals surface area contributed by atoms with Crippen molar-refractivity contribution in [2.24, 2.45) is 17.8 Å². The van der Waals surface area contributed by atoms with Crippen molar-refractivity contribution in [3.8, 4) is 0 Å². The Bertz CT molecular complexity index is 1170. The van der Waals surface area contributed by atoms with Crippen LogP contribution in [0.3, 0.4) is 0 Å². The Balaban J connectivity index is 1.75. The van der Waals surface area contributed by atoms with Gasteiger partial charge >= 0.3 is 6.09 Å². The Labute approximate surface area is 266 Å². The monoisotopic (exact) mass is 631 g/mol. The van der Waals surface area contributed by atoms with E-state index in [4.69, 9.17) is 9.47 Å². The van der Waals surface area contributed by atoms with Gasteiger partial charge in [0.15, 0.2) is 0 Å². The van der Waals surface area contributed by atoms with Gasteiger partial charge in [0.1, 0.15) is 24.5 Å². The third kappa shape index (κ3) is 11.3. The number of carbonyl (C=O) groups is 3. The number of halogens is 1. The van der Waals surface area contributed by atoms with Gasteiger partial charge in [-0.15, -0.1) is 0 Å². The normalized spacial score (nSPS) is 21.7. The predicted octanol–water partition coefficient (Wildman–Crippen LogP) is 3.55. The topological polar surface area (TPSA) is 120 Å². The average Bonchev–Trinajstić information content (AvgIpc) is 3.02. The van der Waals surface area contributed by atoms with E-state index < -0.39 is 30.0 Å². The standard InChI is InChI=1S/C34H50FN3O7/c1-24(6-8-33(25(2)5-7-30(42)9-15-39)45-34(43)37-12-10-36(4)11-13-37)32(23-41)26(3)17-27-18-28(35)20-29(19-27)38-14-16-44-31(21-38)22-40/h6,8,15,17-20,23-25,30-33,40,42H,5,7,9-14,16,21-22H2,1-4H3/b8-6+,26-17+/t24-,25-,30+,31+,32-,33-/m0/s1. The SMILES string of the molecule is C/C(=C\c1cc(F)cc(N2CCO[C@@H](CO)C2)c1)[C@@H](C=O)[C@@H](C)/C=C/[C@H](OC(=O)N1CCN(C)CC1)[C@@H](C)CC[C@@H](O)CC=O. The van der Waals surface area contributed by atoms with Gasteiger partial charge in [-0.2, -0.15) is 0 Å². The van der Waals surface area contributed by atoms with Gasteiger partial charge in [0.2, 0.25) is 0 Å². The molecule has 45 heavy (non-hydrogen) atoms. The maximum absolute atomic E-state index is 14.7. The van der Waals surface area contributed by atoms with Gasteiger partial charge in [0, 0.05) is 57.3 Å². The Morgan fingerprint density at radius 3 is 2.51 bits per heavy atom. The number of aliphatic hydroxyl groups is 2. The van der Waals surface area contributed by atoms with Crippen molar-refractivity contribution in [1.29, 1.82) is 0 Å². The Morgan fingerprint density at radius 2 is 1.84 bits per heavy atom. The van der Waals surface area contributed by atoms with Crippen LogP contribution in [-0.4, -0.2) is 117 Å². The molecule has 1 amide bonds. The van der Waals surface area contributed by atoms with Crippen molar-refractivity contribution in [3.05, 3.63) is 47.3 Å². The number of likely N-dealkylation sites (N-methyl/N-ethyl adjacent to an activating group) is 1. The minimum atomic E-state index is -0.753. The number of hydrogen-bond donors (Lipinski definition) is 2. The van der Waals surface area contributed by atoms with Gasteiger partial charge in [-0.25, -0.2) is 9.18 Å². The van der Waals surface area contributed by atoms with Gasteiger partial charge in [-0.1, -0.05) is 31.6 Å². The first-order chi connectivity index (χ1) is 21.5. The molecule has 2 saturated heterocycles. The number of piperazine rings is 1. The fourth-order valence-electron chi connectivity index (χ4n) is 5.71. The first-order valence-corrected chi connectivity index (χ1v) is 15.9. The summed E-state index contributed by atoms with van der Waals surface area (Å²) in [5, 5.41) is 19.6. The second-order valence-electron chi connectivity index (χ2n) is 12.4. The summed E-state index contributed by atoms with van der Waals surface area (Å²) >= 11 is 0. The van der Waals surface area contributed by atoms with Crippen molar-refractivity contribution in [3.63, 3.8) is 0 Å². The fourth-order valence-corrected chi connectivity index (χ4v) is 5.71. The number of ether oxygens (including phenoxy) is 2. The fraction of sp³-hybridized carbons (Fsp3) is 0.618. The van der Waals surface area contributed by atoms with Gasteiger partial charge in [-0.3, -0.25) is 0 Å². The molecule has 2 aliphatic heterocycles. The maximum Gasteiger partial charge on any atom is 0.410 e. The molecule has 2 aliphatic rings. The molecule has 1 aromatic rings. The van der Waals surface area contributed by atoms with Crippen molar-refractivity contribution < 1.29 is 38.5 Å². The molecule has 2 heterocycles. The number of anilines is 1. The quantitative estimate of drug-likeness (QED) is 0.221. The van der Waals surface area contributed by atoms with Crippen LogP contribution < -0.4 is 4.90 Å². The van der Waals surface area contributed by atoms with Crippen LogP contribution in [0.5, 0.6) is 0 Å². The predicted molar refractivity (Wildman–Crippen MR) is 171 cm³/mol. The zero-order valence-corrected chi connectivity index (χ0v) is 27.0. The molecule has 0 bridgehead atoms. The zero-order chi connectivity index (χ0) is 32.9. The summed E-state index contributed by atoms with van der Waals surface area (Å²) in [6.07, 6.45) is 5.97. The highest BCUT2D eigenvalue weighted by atomic mass is 19.1. The highest BCUT2D eigenvalue weighted by molar-refractivity contribution is 5.69. The molecule has 2 N–H and O–H groups in total. The summed E-state index contributed by atoms with van der Waals surface area (Å²) in [5.41, 5.74) is 2.06. The lowest BCUT2D eigenvalue weighted by Crippen LogP contribution is -2.48. The summed E-state index contributed by atoms with van der Waals surface area (Å²) in [6.45, 7) is 9.70. The van der Waals surface area contributed by atoms with Crippen molar-refractivity contribution in [1.82, 2.24) is 9.80 Å². The molecule has 0 unspecified atom stereocenters. The van der Waals surface area contributed by atoms with E-state index in [1.165, 1.54) is 12.1 Å². The molecule has 0 spiro atoms. The van der Waals surface area contributed by atoms with Crippen LogP contribution in [0.1, 0.15) is 45.6 Å². The van der Waals surface area contributed by atoms with Crippen LogP contribution in [0.25, 0.3) is 6.08 Å². The molecule has 250 valence electrons. The van der Waals surface area contributed by atoms with E-state index in [1.807, 2.05) is 57.0 Å². The van der Waals surface area contributed by atoms with E-state index in [-0.39, 0.29) is 31.0 Å². The number of hydrogen-bond acceptors (Lipinski definition) is 9. The van der Waals surface area contributed by atoms with Crippen LogP contribution in [-0.2, 0) is 19.1 Å².